The summed E-state index contributed by atoms with van der Waals surface area (Å²) >= 11 is 0. The van der Waals surface area contributed by atoms with Crippen LogP contribution in [0.15, 0.2) is 18.2 Å². The molecule has 0 aromatic heterocycles. The second kappa shape index (κ2) is 6.24. The molecule has 1 N–H and O–H groups in total. The van der Waals surface area contributed by atoms with Crippen LogP contribution in [0, 0.1) is 13.8 Å². The maximum atomic E-state index is 5.95. The Balaban J connectivity index is 2.42. The van der Waals surface area contributed by atoms with Crippen LogP contribution in [0.4, 0.5) is 0 Å². The highest BCUT2D eigenvalue weighted by Gasteiger charge is 2.10. The van der Waals surface area contributed by atoms with Crippen LogP contribution >= 0.6 is 0 Å². The molecule has 0 saturated heterocycles. The van der Waals surface area contributed by atoms with Crippen molar-refractivity contribution in [2.24, 2.45) is 0 Å². The van der Waals surface area contributed by atoms with Gasteiger partial charge in [0.1, 0.15) is 5.75 Å². The van der Waals surface area contributed by atoms with E-state index < -0.39 is 0 Å². The van der Waals surface area contributed by atoms with Crippen LogP contribution < -0.4 is 10.1 Å². The molecule has 2 nitrogen and oxygen atoms in total. The molecule has 0 heterocycles. The Labute approximate surface area is 112 Å². The molecule has 1 rings (SSSR count). The molecule has 0 bridgehead atoms. The van der Waals surface area contributed by atoms with Crippen LogP contribution in [-0.4, -0.2) is 18.2 Å². The quantitative estimate of drug-likeness (QED) is 0.856. The van der Waals surface area contributed by atoms with Crippen LogP contribution in [0.5, 0.6) is 5.75 Å². The number of hydrogen-bond donors (Lipinski definition) is 1. The van der Waals surface area contributed by atoms with Gasteiger partial charge in [0.25, 0.3) is 0 Å². The van der Waals surface area contributed by atoms with Gasteiger partial charge in [-0.3, -0.25) is 0 Å². The summed E-state index contributed by atoms with van der Waals surface area (Å²) in [5, 5.41) is 3.48. The largest absolute Gasteiger partial charge is 0.491 e. The van der Waals surface area contributed by atoms with Crippen LogP contribution in [0.3, 0.4) is 0 Å². The molecule has 0 aliphatic carbocycles. The van der Waals surface area contributed by atoms with Gasteiger partial charge in [0, 0.05) is 5.54 Å². The van der Waals surface area contributed by atoms with Gasteiger partial charge in [-0.15, -0.1) is 0 Å². The van der Waals surface area contributed by atoms with Crippen LogP contribution in [0.2, 0.25) is 0 Å². The molecule has 18 heavy (non-hydrogen) atoms. The van der Waals surface area contributed by atoms with E-state index in [1.807, 2.05) is 0 Å². The van der Waals surface area contributed by atoms with E-state index >= 15 is 0 Å². The summed E-state index contributed by atoms with van der Waals surface area (Å²) in [7, 11) is 0. The first-order valence-electron chi connectivity index (χ1n) is 6.76. The fraction of sp³-hybridized carbons (Fsp3) is 0.625. The van der Waals surface area contributed by atoms with E-state index in [1.165, 1.54) is 11.1 Å². The van der Waals surface area contributed by atoms with Gasteiger partial charge in [0.05, 0.1) is 6.10 Å². The lowest BCUT2D eigenvalue weighted by Gasteiger charge is -2.22. The van der Waals surface area contributed by atoms with Crippen molar-refractivity contribution in [1.29, 1.82) is 0 Å². The third-order valence-corrected chi connectivity index (χ3v) is 2.74. The molecule has 1 aromatic rings. The van der Waals surface area contributed by atoms with Crippen molar-refractivity contribution in [3.05, 3.63) is 29.3 Å². The smallest absolute Gasteiger partial charge is 0.120 e. The Morgan fingerprint density at radius 2 is 1.67 bits per heavy atom. The van der Waals surface area contributed by atoms with Crippen molar-refractivity contribution in [1.82, 2.24) is 5.32 Å². The van der Waals surface area contributed by atoms with Crippen LogP contribution in [-0.2, 0) is 0 Å². The Bertz CT molecular complexity index is 359. The number of rotatable bonds is 5. The fourth-order valence-corrected chi connectivity index (χ4v) is 1.94. The van der Waals surface area contributed by atoms with Crippen molar-refractivity contribution < 1.29 is 4.74 Å². The molecule has 0 fully saturated rings. The van der Waals surface area contributed by atoms with Crippen molar-refractivity contribution in [3.63, 3.8) is 0 Å². The predicted molar refractivity (Wildman–Crippen MR) is 78.4 cm³/mol. The standard InChI is InChI=1S/C16H27NO/c1-12-9-13(2)11-15(10-12)18-14(3)7-8-17-16(4,5)6/h9-11,14,17H,7-8H2,1-6H3. The molecule has 1 unspecified atom stereocenters. The first-order valence-corrected chi connectivity index (χ1v) is 6.76. The zero-order valence-electron chi connectivity index (χ0n) is 12.6. The minimum absolute atomic E-state index is 0.180. The lowest BCUT2D eigenvalue weighted by molar-refractivity contribution is 0.205. The van der Waals surface area contributed by atoms with Crippen molar-refractivity contribution in [3.8, 4) is 5.75 Å². The summed E-state index contributed by atoms with van der Waals surface area (Å²) in [6.45, 7) is 13.9. The number of ether oxygens (including phenoxy) is 1. The van der Waals surface area contributed by atoms with E-state index in [2.05, 4.69) is 65.1 Å². The zero-order chi connectivity index (χ0) is 13.8. The number of hydrogen-bond acceptors (Lipinski definition) is 2. The maximum Gasteiger partial charge on any atom is 0.120 e. The monoisotopic (exact) mass is 249 g/mol. The number of nitrogens with one attached hydrogen (secondary N) is 1. The highest BCUT2D eigenvalue weighted by atomic mass is 16.5. The molecule has 2 heteroatoms. The lowest BCUT2D eigenvalue weighted by atomic mass is 10.1. The molecule has 102 valence electrons. The average molecular weight is 249 g/mol. The van der Waals surface area contributed by atoms with Gasteiger partial charge in [-0.05, 0) is 77.8 Å². The van der Waals surface area contributed by atoms with Gasteiger partial charge in [0.15, 0.2) is 0 Å². The molecule has 0 aliphatic heterocycles. The fourth-order valence-electron chi connectivity index (χ4n) is 1.94. The molecule has 0 spiro atoms. The zero-order valence-corrected chi connectivity index (χ0v) is 12.6. The lowest BCUT2D eigenvalue weighted by Crippen LogP contribution is -2.37. The first-order chi connectivity index (χ1) is 8.26. The first kappa shape index (κ1) is 15.0. The molecule has 1 aromatic carbocycles. The SMILES string of the molecule is Cc1cc(C)cc(OC(C)CCNC(C)(C)C)c1. The van der Waals surface area contributed by atoms with Gasteiger partial charge < -0.3 is 10.1 Å². The van der Waals surface area contributed by atoms with E-state index in [0.717, 1.165) is 18.7 Å². The van der Waals surface area contributed by atoms with Crippen LogP contribution in [0.25, 0.3) is 0 Å². The summed E-state index contributed by atoms with van der Waals surface area (Å²) in [4.78, 5) is 0. The topological polar surface area (TPSA) is 21.3 Å². The molecule has 0 amide bonds. The highest BCUT2D eigenvalue weighted by Crippen LogP contribution is 2.18. The molecule has 0 aliphatic rings. The average Bonchev–Trinajstić information content (AvgIpc) is 2.12. The Morgan fingerprint density at radius 3 is 2.17 bits per heavy atom. The highest BCUT2D eigenvalue weighted by molar-refractivity contribution is 5.33. The van der Waals surface area contributed by atoms with Crippen molar-refractivity contribution in [2.75, 3.05) is 6.54 Å². The van der Waals surface area contributed by atoms with E-state index in [-0.39, 0.29) is 11.6 Å². The predicted octanol–water partition coefficient (Wildman–Crippen LogP) is 3.85. The third kappa shape index (κ3) is 6.06. The maximum absolute atomic E-state index is 5.95. The molecule has 0 radical (unpaired) electrons. The Kier molecular flexibility index (Phi) is 5.21. The van der Waals surface area contributed by atoms with Gasteiger partial charge in [-0.2, -0.15) is 0 Å². The normalized spacial score (nSPS) is 13.4. The van der Waals surface area contributed by atoms with E-state index in [9.17, 15) is 0 Å². The second-order valence-corrected chi connectivity index (χ2v) is 6.22. The van der Waals surface area contributed by atoms with Crippen molar-refractivity contribution >= 4 is 0 Å². The van der Waals surface area contributed by atoms with Crippen molar-refractivity contribution in [2.45, 2.75) is 59.6 Å². The summed E-state index contributed by atoms with van der Waals surface area (Å²) in [6, 6.07) is 6.36. The van der Waals surface area contributed by atoms with E-state index in [1.54, 1.807) is 0 Å². The molecular formula is C16H27NO. The minimum atomic E-state index is 0.180. The third-order valence-electron chi connectivity index (χ3n) is 2.74. The summed E-state index contributed by atoms with van der Waals surface area (Å²) in [5.41, 5.74) is 2.69. The van der Waals surface area contributed by atoms with Gasteiger partial charge in [-0.25, -0.2) is 0 Å². The molecule has 1 atom stereocenters. The molecular weight excluding hydrogens is 222 g/mol. The van der Waals surface area contributed by atoms with Gasteiger partial charge in [0.2, 0.25) is 0 Å². The van der Waals surface area contributed by atoms with Gasteiger partial charge in [-0.1, -0.05) is 6.07 Å². The minimum Gasteiger partial charge on any atom is -0.491 e. The number of aryl methyl sites for hydroxylation is 2. The van der Waals surface area contributed by atoms with E-state index in [4.69, 9.17) is 4.74 Å². The second-order valence-electron chi connectivity index (χ2n) is 6.22. The Morgan fingerprint density at radius 1 is 1.11 bits per heavy atom. The van der Waals surface area contributed by atoms with Crippen LogP contribution in [0.1, 0.15) is 45.2 Å². The van der Waals surface area contributed by atoms with Gasteiger partial charge >= 0.3 is 0 Å². The summed E-state index contributed by atoms with van der Waals surface area (Å²) in [6.07, 6.45) is 1.26. The summed E-state index contributed by atoms with van der Waals surface area (Å²) < 4.78 is 5.95. The number of benzene rings is 1. The molecule has 0 saturated carbocycles. The Hall–Kier alpha value is -1.02. The van der Waals surface area contributed by atoms with E-state index in [0.29, 0.717) is 0 Å². The summed E-state index contributed by atoms with van der Waals surface area (Å²) in [5.74, 6) is 0.982.